The molecule has 3 heterocycles. The molecule has 0 saturated carbocycles. The second kappa shape index (κ2) is 4.76. The van der Waals surface area contributed by atoms with Gasteiger partial charge in [-0.05, 0) is 26.0 Å². The third-order valence-corrected chi connectivity index (χ3v) is 3.12. The average Bonchev–Trinajstić information content (AvgIpc) is 3.14. The molecule has 102 valence electrons. The van der Waals surface area contributed by atoms with E-state index < -0.39 is 0 Å². The van der Waals surface area contributed by atoms with Crippen LogP contribution in [-0.4, -0.2) is 26.4 Å². The number of aromatic nitrogens is 4. The van der Waals surface area contributed by atoms with Crippen LogP contribution in [0.4, 0.5) is 0 Å². The Labute approximate surface area is 114 Å². The fourth-order valence-corrected chi connectivity index (χ4v) is 2.06. The van der Waals surface area contributed by atoms with Crippen LogP contribution in [0, 0.1) is 13.8 Å². The van der Waals surface area contributed by atoms with Crippen molar-refractivity contribution in [1.82, 2.24) is 20.2 Å². The van der Waals surface area contributed by atoms with Gasteiger partial charge in [-0.25, -0.2) is 4.68 Å². The number of hydrogen-bond donors (Lipinski definition) is 0. The van der Waals surface area contributed by atoms with Gasteiger partial charge in [-0.2, -0.15) is 0 Å². The minimum atomic E-state index is 0.242. The highest BCUT2D eigenvalue weighted by atomic mass is 16.5. The van der Waals surface area contributed by atoms with E-state index in [1.807, 2.05) is 13.8 Å². The van der Waals surface area contributed by atoms with Gasteiger partial charge in [0.2, 0.25) is 0 Å². The average molecular weight is 272 g/mol. The highest BCUT2D eigenvalue weighted by molar-refractivity contribution is 5.81. The quantitative estimate of drug-likeness (QED) is 0.675. The minimum Gasteiger partial charge on any atom is -0.463 e. The van der Waals surface area contributed by atoms with Crippen LogP contribution >= 0.6 is 0 Å². The lowest BCUT2D eigenvalue weighted by molar-refractivity contribution is 0.111. The van der Waals surface area contributed by atoms with Crippen molar-refractivity contribution < 1.29 is 13.7 Å². The maximum absolute atomic E-state index is 11.1. The molecule has 0 unspecified atom stereocenters. The van der Waals surface area contributed by atoms with Gasteiger partial charge in [-0.3, -0.25) is 4.79 Å². The minimum absolute atomic E-state index is 0.242. The van der Waals surface area contributed by atoms with Crippen LogP contribution in [0.2, 0.25) is 0 Å². The molecule has 0 aliphatic heterocycles. The number of carbonyl (C=O) groups is 1. The lowest BCUT2D eigenvalue weighted by Crippen LogP contribution is -2.05. The van der Waals surface area contributed by atoms with E-state index in [0.29, 0.717) is 24.3 Å². The van der Waals surface area contributed by atoms with Crippen molar-refractivity contribution in [2.45, 2.75) is 20.4 Å². The van der Waals surface area contributed by atoms with Gasteiger partial charge < -0.3 is 8.94 Å². The summed E-state index contributed by atoms with van der Waals surface area (Å²) in [5, 5.41) is 11.8. The van der Waals surface area contributed by atoms with Crippen LogP contribution in [-0.2, 0) is 6.54 Å². The molecule has 0 amide bonds. The molecule has 3 aromatic rings. The first-order valence-corrected chi connectivity index (χ1v) is 6.05. The molecule has 0 N–H and O–H groups in total. The van der Waals surface area contributed by atoms with Crippen molar-refractivity contribution in [3.63, 3.8) is 0 Å². The van der Waals surface area contributed by atoms with Gasteiger partial charge in [0, 0.05) is 5.56 Å². The third-order valence-electron chi connectivity index (χ3n) is 3.12. The zero-order valence-corrected chi connectivity index (χ0v) is 11.0. The van der Waals surface area contributed by atoms with Crippen molar-refractivity contribution in [2.75, 3.05) is 0 Å². The van der Waals surface area contributed by atoms with Gasteiger partial charge in [0.25, 0.3) is 0 Å². The summed E-state index contributed by atoms with van der Waals surface area (Å²) in [6.07, 6.45) is 2.20. The van der Waals surface area contributed by atoms with Gasteiger partial charge in [-0.1, -0.05) is 10.4 Å². The summed E-state index contributed by atoms with van der Waals surface area (Å²) in [6.45, 7) is 4.10. The van der Waals surface area contributed by atoms with E-state index in [0.717, 1.165) is 17.0 Å². The van der Waals surface area contributed by atoms with Gasteiger partial charge in [0.1, 0.15) is 11.5 Å². The number of rotatable bonds is 4. The lowest BCUT2D eigenvalue weighted by atomic mass is 10.2. The van der Waals surface area contributed by atoms with Crippen LogP contribution < -0.4 is 0 Å². The summed E-state index contributed by atoms with van der Waals surface area (Å²) in [7, 11) is 0. The SMILES string of the molecule is Cc1noc(C)c1Cn1nnc(C=O)c1-c1ccco1. The summed E-state index contributed by atoms with van der Waals surface area (Å²) in [5.74, 6) is 1.26. The second-order valence-corrected chi connectivity index (χ2v) is 4.38. The first-order chi connectivity index (χ1) is 9.70. The van der Waals surface area contributed by atoms with Gasteiger partial charge in [-0.15, -0.1) is 5.10 Å². The molecular formula is C13H12N4O3. The molecule has 0 aromatic carbocycles. The molecule has 0 bridgehead atoms. The first-order valence-electron chi connectivity index (χ1n) is 6.05. The Kier molecular flexibility index (Phi) is 2.94. The summed E-state index contributed by atoms with van der Waals surface area (Å²) < 4.78 is 12.1. The molecular weight excluding hydrogens is 260 g/mol. The van der Waals surface area contributed by atoms with Crippen LogP contribution in [0.5, 0.6) is 0 Å². The van der Waals surface area contributed by atoms with Crippen molar-refractivity contribution in [2.24, 2.45) is 0 Å². The van der Waals surface area contributed by atoms with E-state index in [9.17, 15) is 4.79 Å². The molecule has 0 atom stereocenters. The van der Waals surface area contributed by atoms with Crippen molar-refractivity contribution in [1.29, 1.82) is 0 Å². The molecule has 0 saturated heterocycles. The van der Waals surface area contributed by atoms with E-state index in [1.165, 1.54) is 6.26 Å². The number of aldehydes is 1. The fourth-order valence-electron chi connectivity index (χ4n) is 2.06. The molecule has 0 spiro atoms. The van der Waals surface area contributed by atoms with E-state index in [-0.39, 0.29) is 5.69 Å². The fraction of sp³-hybridized carbons (Fsp3) is 0.231. The van der Waals surface area contributed by atoms with Crippen molar-refractivity contribution in [3.05, 3.63) is 41.1 Å². The normalized spacial score (nSPS) is 10.9. The Hall–Kier alpha value is -2.70. The zero-order valence-electron chi connectivity index (χ0n) is 11.0. The van der Waals surface area contributed by atoms with Crippen molar-refractivity contribution in [3.8, 4) is 11.5 Å². The lowest BCUT2D eigenvalue weighted by Gasteiger charge is -2.04. The highest BCUT2D eigenvalue weighted by Gasteiger charge is 2.19. The third kappa shape index (κ3) is 1.93. The van der Waals surface area contributed by atoms with Gasteiger partial charge in [0.05, 0.1) is 18.5 Å². The standard InChI is InChI=1S/C13H12N4O3/c1-8-10(9(2)20-15-8)6-17-13(11(7-18)14-16-17)12-4-3-5-19-12/h3-5,7H,6H2,1-2H3. The Morgan fingerprint density at radius 3 is 2.85 bits per heavy atom. The maximum atomic E-state index is 11.1. The maximum Gasteiger partial charge on any atom is 0.172 e. The summed E-state index contributed by atoms with van der Waals surface area (Å²) >= 11 is 0. The number of hydrogen-bond acceptors (Lipinski definition) is 6. The second-order valence-electron chi connectivity index (χ2n) is 4.38. The smallest absolute Gasteiger partial charge is 0.172 e. The Morgan fingerprint density at radius 2 is 2.25 bits per heavy atom. The predicted molar refractivity (Wildman–Crippen MR) is 68.2 cm³/mol. The predicted octanol–water partition coefficient (Wildman–Crippen LogP) is 2.00. The number of furan rings is 1. The van der Waals surface area contributed by atoms with E-state index in [1.54, 1.807) is 16.8 Å². The van der Waals surface area contributed by atoms with E-state index >= 15 is 0 Å². The topological polar surface area (TPSA) is 87.0 Å². The zero-order chi connectivity index (χ0) is 14.1. The van der Waals surface area contributed by atoms with E-state index in [2.05, 4.69) is 15.5 Å². The summed E-state index contributed by atoms with van der Waals surface area (Å²) in [4.78, 5) is 11.1. The number of nitrogens with zero attached hydrogens (tertiary/aromatic N) is 4. The molecule has 7 nitrogen and oxygen atoms in total. The highest BCUT2D eigenvalue weighted by Crippen LogP contribution is 2.23. The monoisotopic (exact) mass is 272 g/mol. The molecule has 0 radical (unpaired) electrons. The first kappa shape index (κ1) is 12.3. The molecule has 0 aliphatic rings. The van der Waals surface area contributed by atoms with Gasteiger partial charge in [0.15, 0.2) is 17.7 Å². The molecule has 3 rings (SSSR count). The summed E-state index contributed by atoms with van der Waals surface area (Å²) in [6, 6.07) is 3.51. The number of carbonyl (C=O) groups excluding carboxylic acids is 1. The Balaban J connectivity index is 2.07. The molecule has 7 heteroatoms. The van der Waals surface area contributed by atoms with E-state index in [4.69, 9.17) is 8.94 Å². The largest absolute Gasteiger partial charge is 0.463 e. The molecule has 3 aromatic heterocycles. The van der Waals surface area contributed by atoms with Crippen LogP contribution in [0.15, 0.2) is 27.3 Å². The number of aryl methyl sites for hydroxylation is 2. The van der Waals surface area contributed by atoms with Crippen LogP contribution in [0.25, 0.3) is 11.5 Å². The molecule has 0 aliphatic carbocycles. The molecule has 20 heavy (non-hydrogen) atoms. The Morgan fingerprint density at radius 1 is 1.40 bits per heavy atom. The Bertz CT molecular complexity index is 720. The molecule has 0 fully saturated rings. The summed E-state index contributed by atoms with van der Waals surface area (Å²) in [5.41, 5.74) is 2.49. The van der Waals surface area contributed by atoms with Crippen LogP contribution in [0.3, 0.4) is 0 Å². The van der Waals surface area contributed by atoms with Gasteiger partial charge >= 0.3 is 0 Å². The van der Waals surface area contributed by atoms with Crippen LogP contribution in [0.1, 0.15) is 27.5 Å². The van der Waals surface area contributed by atoms with Crippen molar-refractivity contribution >= 4 is 6.29 Å².